The molecule has 0 spiro atoms. The van der Waals surface area contributed by atoms with Crippen molar-refractivity contribution in [2.24, 2.45) is 5.92 Å². The second-order valence-corrected chi connectivity index (χ2v) is 3.52. The smallest absolute Gasteiger partial charge is 0.148 e. The van der Waals surface area contributed by atoms with Crippen LogP contribution in [0.25, 0.3) is 0 Å². The van der Waals surface area contributed by atoms with Gasteiger partial charge >= 0.3 is 0 Å². The zero-order chi connectivity index (χ0) is 7.90. The lowest BCUT2D eigenvalue weighted by molar-refractivity contribution is -0.110. The largest absolute Gasteiger partial charge is 0.384 e. The molecule has 2 aliphatic rings. The average molecular weight is 152 g/mol. The topological polar surface area (TPSA) is 37.3 Å². The van der Waals surface area contributed by atoms with E-state index in [0.29, 0.717) is 5.57 Å². The van der Waals surface area contributed by atoms with Crippen LogP contribution in [0.15, 0.2) is 11.6 Å². The summed E-state index contributed by atoms with van der Waals surface area (Å²) in [7, 11) is 0. The molecule has 0 aliphatic heterocycles. The number of rotatable bonds is 1. The van der Waals surface area contributed by atoms with Gasteiger partial charge in [0, 0.05) is 11.5 Å². The molecule has 2 heteroatoms. The third-order valence-corrected chi connectivity index (χ3v) is 2.94. The Hall–Kier alpha value is -0.630. The maximum Gasteiger partial charge on any atom is 0.148 e. The Morgan fingerprint density at radius 1 is 1.64 bits per heavy atom. The first kappa shape index (κ1) is 7.04. The van der Waals surface area contributed by atoms with Crippen LogP contribution in [0.1, 0.15) is 25.7 Å². The molecule has 11 heavy (non-hydrogen) atoms. The fourth-order valence-corrected chi connectivity index (χ4v) is 2.17. The summed E-state index contributed by atoms with van der Waals surface area (Å²) in [6, 6.07) is 0. The number of aliphatic hydroxyl groups is 1. The number of carbonyl (C=O) groups excluding carboxylic acids is 1. The van der Waals surface area contributed by atoms with E-state index in [-0.39, 0.29) is 5.92 Å². The van der Waals surface area contributed by atoms with Crippen molar-refractivity contribution in [2.45, 2.75) is 31.3 Å². The molecule has 1 saturated carbocycles. The van der Waals surface area contributed by atoms with Crippen LogP contribution in [0.5, 0.6) is 0 Å². The van der Waals surface area contributed by atoms with Gasteiger partial charge in [-0.15, -0.1) is 0 Å². The van der Waals surface area contributed by atoms with Gasteiger partial charge in [0.2, 0.25) is 0 Å². The minimum absolute atomic E-state index is 0.274. The number of carbonyl (C=O) groups is 1. The van der Waals surface area contributed by atoms with Crippen LogP contribution in [-0.4, -0.2) is 17.0 Å². The monoisotopic (exact) mass is 152 g/mol. The Bertz CT molecular complexity index is 220. The summed E-state index contributed by atoms with van der Waals surface area (Å²) in [5.74, 6) is 0.274. The zero-order valence-electron chi connectivity index (χ0n) is 6.42. The van der Waals surface area contributed by atoms with E-state index in [1.165, 1.54) is 6.42 Å². The molecule has 0 saturated heterocycles. The quantitative estimate of drug-likeness (QED) is 0.570. The fourth-order valence-electron chi connectivity index (χ4n) is 2.17. The molecule has 0 radical (unpaired) electrons. The van der Waals surface area contributed by atoms with Gasteiger partial charge < -0.3 is 5.11 Å². The Labute approximate surface area is 65.9 Å². The molecule has 0 aromatic rings. The normalized spacial score (nSPS) is 41.9. The highest BCUT2D eigenvalue weighted by Gasteiger charge is 2.47. The average Bonchev–Trinajstić information content (AvgIpc) is 1.99. The van der Waals surface area contributed by atoms with E-state index in [2.05, 4.69) is 0 Å². The van der Waals surface area contributed by atoms with Gasteiger partial charge in [0.25, 0.3) is 0 Å². The SMILES string of the molecule is O=CC1=CC2CCCCC12O. The van der Waals surface area contributed by atoms with Crippen LogP contribution < -0.4 is 0 Å². The number of hydrogen-bond acceptors (Lipinski definition) is 2. The summed E-state index contributed by atoms with van der Waals surface area (Å²) in [4.78, 5) is 10.4. The predicted molar refractivity (Wildman–Crippen MR) is 41.1 cm³/mol. The maximum absolute atomic E-state index is 10.4. The molecule has 2 nitrogen and oxygen atoms in total. The van der Waals surface area contributed by atoms with Crippen LogP contribution >= 0.6 is 0 Å². The molecule has 2 aliphatic carbocycles. The van der Waals surface area contributed by atoms with E-state index in [0.717, 1.165) is 25.5 Å². The van der Waals surface area contributed by atoms with Crippen LogP contribution in [-0.2, 0) is 4.79 Å². The first-order chi connectivity index (χ1) is 5.27. The van der Waals surface area contributed by atoms with E-state index in [9.17, 15) is 9.90 Å². The molecule has 0 bridgehead atoms. The highest BCUT2D eigenvalue weighted by molar-refractivity contribution is 5.79. The van der Waals surface area contributed by atoms with Gasteiger partial charge in [-0.3, -0.25) is 4.79 Å². The highest BCUT2D eigenvalue weighted by Crippen LogP contribution is 2.46. The maximum atomic E-state index is 10.4. The standard InChI is InChI=1S/C9H12O2/c10-6-8-5-7-3-1-2-4-9(7,8)11/h5-7,11H,1-4H2. The second kappa shape index (κ2) is 2.18. The van der Waals surface area contributed by atoms with E-state index < -0.39 is 5.60 Å². The van der Waals surface area contributed by atoms with Crippen molar-refractivity contribution in [1.82, 2.24) is 0 Å². The molecule has 60 valence electrons. The summed E-state index contributed by atoms with van der Waals surface area (Å²) in [6.07, 6.45) is 6.78. The zero-order valence-corrected chi connectivity index (χ0v) is 6.42. The lowest BCUT2D eigenvalue weighted by Gasteiger charge is -2.45. The number of aldehydes is 1. The number of fused-ring (bicyclic) bond motifs is 1. The number of hydrogen-bond donors (Lipinski definition) is 1. The summed E-state index contributed by atoms with van der Waals surface area (Å²) >= 11 is 0. The van der Waals surface area contributed by atoms with Crippen molar-refractivity contribution in [3.05, 3.63) is 11.6 Å². The van der Waals surface area contributed by atoms with Crippen LogP contribution in [0.4, 0.5) is 0 Å². The Balaban J connectivity index is 2.23. The van der Waals surface area contributed by atoms with Gasteiger partial charge in [-0.25, -0.2) is 0 Å². The van der Waals surface area contributed by atoms with Gasteiger partial charge in [0.05, 0.1) is 5.60 Å². The molecular weight excluding hydrogens is 140 g/mol. The molecule has 2 unspecified atom stereocenters. The van der Waals surface area contributed by atoms with E-state index in [1.807, 2.05) is 6.08 Å². The second-order valence-electron chi connectivity index (χ2n) is 3.52. The molecule has 0 aromatic carbocycles. The van der Waals surface area contributed by atoms with Gasteiger partial charge in [-0.1, -0.05) is 18.9 Å². The van der Waals surface area contributed by atoms with Crippen LogP contribution in [0.2, 0.25) is 0 Å². The van der Waals surface area contributed by atoms with Gasteiger partial charge in [-0.2, -0.15) is 0 Å². The minimum atomic E-state index is -0.722. The summed E-state index contributed by atoms with van der Waals surface area (Å²) in [5.41, 5.74) is -0.109. The molecule has 0 amide bonds. The molecule has 2 atom stereocenters. The van der Waals surface area contributed by atoms with Crippen molar-refractivity contribution in [3.8, 4) is 0 Å². The van der Waals surface area contributed by atoms with E-state index >= 15 is 0 Å². The Morgan fingerprint density at radius 2 is 2.45 bits per heavy atom. The van der Waals surface area contributed by atoms with Crippen molar-refractivity contribution in [1.29, 1.82) is 0 Å². The summed E-state index contributed by atoms with van der Waals surface area (Å²) in [6.45, 7) is 0. The van der Waals surface area contributed by atoms with E-state index in [1.54, 1.807) is 0 Å². The van der Waals surface area contributed by atoms with Crippen LogP contribution in [0, 0.1) is 5.92 Å². The molecular formula is C9H12O2. The summed E-state index contributed by atoms with van der Waals surface area (Å²) in [5, 5.41) is 9.89. The summed E-state index contributed by atoms with van der Waals surface area (Å²) < 4.78 is 0. The first-order valence-electron chi connectivity index (χ1n) is 4.17. The Kier molecular flexibility index (Phi) is 1.39. The van der Waals surface area contributed by atoms with Gasteiger partial charge in [0.1, 0.15) is 6.29 Å². The Morgan fingerprint density at radius 3 is 3.09 bits per heavy atom. The predicted octanol–water partition coefficient (Wildman–Crippen LogP) is 1.05. The van der Waals surface area contributed by atoms with Gasteiger partial charge in [0.15, 0.2) is 0 Å². The molecule has 1 fully saturated rings. The lowest BCUT2D eigenvalue weighted by Crippen LogP contribution is -2.49. The highest BCUT2D eigenvalue weighted by atomic mass is 16.3. The third-order valence-electron chi connectivity index (χ3n) is 2.94. The molecule has 0 aromatic heterocycles. The fraction of sp³-hybridized carbons (Fsp3) is 0.667. The van der Waals surface area contributed by atoms with Crippen molar-refractivity contribution in [2.75, 3.05) is 0 Å². The lowest BCUT2D eigenvalue weighted by atomic mass is 9.63. The van der Waals surface area contributed by atoms with Gasteiger partial charge in [-0.05, 0) is 12.8 Å². The first-order valence-corrected chi connectivity index (χ1v) is 4.17. The van der Waals surface area contributed by atoms with E-state index in [4.69, 9.17) is 0 Å². The van der Waals surface area contributed by atoms with Crippen molar-refractivity contribution in [3.63, 3.8) is 0 Å². The molecule has 2 rings (SSSR count). The minimum Gasteiger partial charge on any atom is -0.384 e. The van der Waals surface area contributed by atoms with Crippen molar-refractivity contribution < 1.29 is 9.90 Å². The molecule has 0 heterocycles. The van der Waals surface area contributed by atoms with Crippen LogP contribution in [0.3, 0.4) is 0 Å². The van der Waals surface area contributed by atoms with Crippen molar-refractivity contribution >= 4 is 6.29 Å². The molecule has 1 N–H and O–H groups in total. The third kappa shape index (κ3) is 0.791.